The summed E-state index contributed by atoms with van der Waals surface area (Å²) in [6.45, 7) is 2.23. The SMILES string of the molecule is O=C1CN(c2ccc(CNC(=O)c3cc4cc(Br)ccc4o3)cc2)CCN1. The summed E-state index contributed by atoms with van der Waals surface area (Å²) in [6.07, 6.45) is 0. The van der Waals surface area contributed by atoms with Gasteiger partial charge in [-0.15, -0.1) is 0 Å². The van der Waals surface area contributed by atoms with Crippen molar-refractivity contribution in [2.75, 3.05) is 24.5 Å². The van der Waals surface area contributed by atoms with Crippen LogP contribution < -0.4 is 15.5 Å². The first-order valence-electron chi connectivity index (χ1n) is 8.66. The quantitative estimate of drug-likeness (QED) is 0.670. The summed E-state index contributed by atoms with van der Waals surface area (Å²) in [5.74, 6) is 0.0774. The number of anilines is 1. The second-order valence-corrected chi connectivity index (χ2v) is 7.33. The van der Waals surface area contributed by atoms with Crippen LogP contribution in [0, 0.1) is 0 Å². The number of nitrogens with zero attached hydrogens (tertiary/aromatic N) is 1. The van der Waals surface area contributed by atoms with Crippen molar-refractivity contribution in [1.82, 2.24) is 10.6 Å². The lowest BCUT2D eigenvalue weighted by Gasteiger charge is -2.28. The minimum atomic E-state index is -0.251. The number of carbonyl (C=O) groups excluding carboxylic acids is 2. The minimum absolute atomic E-state index is 0.0375. The zero-order valence-electron chi connectivity index (χ0n) is 14.5. The van der Waals surface area contributed by atoms with Gasteiger partial charge in [0.05, 0.1) is 6.54 Å². The number of piperazine rings is 1. The van der Waals surface area contributed by atoms with Gasteiger partial charge in [0, 0.05) is 35.2 Å². The standard InChI is InChI=1S/C20H18BrN3O3/c21-15-3-6-17-14(9-15)10-18(27-17)20(26)23-11-13-1-4-16(5-2-13)24-8-7-22-19(25)12-24/h1-6,9-10H,7-8,11-12H2,(H,22,25)(H,23,26). The molecule has 4 rings (SSSR count). The van der Waals surface area contributed by atoms with Crippen molar-refractivity contribution < 1.29 is 14.0 Å². The van der Waals surface area contributed by atoms with Crippen LogP contribution in [0.15, 0.2) is 57.4 Å². The summed E-state index contributed by atoms with van der Waals surface area (Å²) >= 11 is 3.41. The summed E-state index contributed by atoms with van der Waals surface area (Å²) in [5, 5.41) is 6.57. The number of furan rings is 1. The fourth-order valence-electron chi connectivity index (χ4n) is 3.08. The highest BCUT2D eigenvalue weighted by molar-refractivity contribution is 9.10. The molecular formula is C20H18BrN3O3. The molecular weight excluding hydrogens is 410 g/mol. The van der Waals surface area contributed by atoms with E-state index in [9.17, 15) is 9.59 Å². The number of benzene rings is 2. The third-order valence-corrected chi connectivity index (χ3v) is 4.99. The van der Waals surface area contributed by atoms with Gasteiger partial charge >= 0.3 is 0 Å². The number of carbonyl (C=O) groups is 2. The molecule has 0 aliphatic carbocycles. The number of hydrogen-bond acceptors (Lipinski definition) is 4. The molecule has 138 valence electrons. The van der Waals surface area contributed by atoms with Crippen LogP contribution in [0.5, 0.6) is 0 Å². The van der Waals surface area contributed by atoms with E-state index in [1.807, 2.05) is 47.4 Å². The largest absolute Gasteiger partial charge is 0.451 e. The Labute approximate surface area is 164 Å². The van der Waals surface area contributed by atoms with Crippen molar-refractivity contribution in [3.8, 4) is 0 Å². The van der Waals surface area contributed by atoms with Crippen molar-refractivity contribution in [2.24, 2.45) is 0 Å². The summed E-state index contributed by atoms with van der Waals surface area (Å²) in [7, 11) is 0. The Hall–Kier alpha value is -2.80. The number of nitrogens with one attached hydrogen (secondary N) is 2. The highest BCUT2D eigenvalue weighted by Gasteiger charge is 2.16. The predicted molar refractivity (Wildman–Crippen MR) is 107 cm³/mol. The van der Waals surface area contributed by atoms with Crippen LogP contribution in [-0.4, -0.2) is 31.4 Å². The molecule has 0 atom stereocenters. The summed E-state index contributed by atoms with van der Waals surface area (Å²) in [5.41, 5.74) is 2.66. The molecule has 2 aromatic carbocycles. The number of hydrogen-bond donors (Lipinski definition) is 2. The zero-order valence-corrected chi connectivity index (χ0v) is 16.1. The first-order chi connectivity index (χ1) is 13.1. The van der Waals surface area contributed by atoms with Gasteiger partial charge in [0.15, 0.2) is 5.76 Å². The molecule has 1 aliphatic rings. The highest BCUT2D eigenvalue weighted by Crippen LogP contribution is 2.23. The Morgan fingerprint density at radius 3 is 2.78 bits per heavy atom. The average molecular weight is 428 g/mol. The van der Waals surface area contributed by atoms with Crippen molar-refractivity contribution >= 4 is 44.4 Å². The lowest BCUT2D eigenvalue weighted by atomic mass is 10.1. The Balaban J connectivity index is 1.38. The third-order valence-electron chi connectivity index (χ3n) is 4.50. The molecule has 1 fully saturated rings. The van der Waals surface area contributed by atoms with Crippen molar-refractivity contribution in [3.05, 3.63) is 64.3 Å². The topological polar surface area (TPSA) is 74.6 Å². The molecule has 2 N–H and O–H groups in total. The van der Waals surface area contributed by atoms with Crippen LogP contribution in [0.4, 0.5) is 5.69 Å². The number of fused-ring (bicyclic) bond motifs is 1. The Bertz CT molecular complexity index is 997. The van der Waals surface area contributed by atoms with Crippen LogP contribution in [0.2, 0.25) is 0 Å². The maximum absolute atomic E-state index is 12.4. The molecule has 1 aromatic heterocycles. The van der Waals surface area contributed by atoms with Crippen LogP contribution in [0.1, 0.15) is 16.1 Å². The molecule has 1 aliphatic heterocycles. The molecule has 6 nitrogen and oxygen atoms in total. The fourth-order valence-corrected chi connectivity index (χ4v) is 3.46. The van der Waals surface area contributed by atoms with E-state index < -0.39 is 0 Å². The van der Waals surface area contributed by atoms with Crippen LogP contribution in [0.3, 0.4) is 0 Å². The molecule has 0 bridgehead atoms. The monoisotopic (exact) mass is 427 g/mol. The van der Waals surface area contributed by atoms with E-state index in [1.165, 1.54) is 0 Å². The van der Waals surface area contributed by atoms with Gasteiger partial charge in [0.1, 0.15) is 5.58 Å². The lowest BCUT2D eigenvalue weighted by Crippen LogP contribution is -2.47. The minimum Gasteiger partial charge on any atom is -0.451 e. The smallest absolute Gasteiger partial charge is 0.287 e. The Morgan fingerprint density at radius 2 is 2.00 bits per heavy atom. The third kappa shape index (κ3) is 3.98. The van der Waals surface area contributed by atoms with E-state index in [1.54, 1.807) is 6.07 Å². The van der Waals surface area contributed by atoms with Crippen molar-refractivity contribution in [3.63, 3.8) is 0 Å². The molecule has 0 saturated carbocycles. The highest BCUT2D eigenvalue weighted by atomic mass is 79.9. The fraction of sp³-hybridized carbons (Fsp3) is 0.200. The molecule has 7 heteroatoms. The second-order valence-electron chi connectivity index (χ2n) is 6.41. The molecule has 2 heterocycles. The summed E-state index contributed by atoms with van der Waals surface area (Å²) < 4.78 is 6.54. The Kier molecular flexibility index (Phi) is 4.85. The van der Waals surface area contributed by atoms with Gasteiger partial charge in [-0.3, -0.25) is 9.59 Å². The molecule has 2 amide bonds. The van der Waals surface area contributed by atoms with E-state index in [2.05, 4.69) is 26.6 Å². The predicted octanol–water partition coefficient (Wildman–Crippen LogP) is 3.06. The maximum Gasteiger partial charge on any atom is 0.287 e. The molecule has 27 heavy (non-hydrogen) atoms. The van der Waals surface area contributed by atoms with Gasteiger partial charge in [0.25, 0.3) is 5.91 Å². The number of halogens is 1. The Morgan fingerprint density at radius 1 is 1.19 bits per heavy atom. The second kappa shape index (κ2) is 7.44. The van der Waals surface area contributed by atoms with E-state index in [4.69, 9.17) is 4.42 Å². The van der Waals surface area contributed by atoms with Gasteiger partial charge in [-0.05, 0) is 42.0 Å². The first-order valence-corrected chi connectivity index (χ1v) is 9.46. The van der Waals surface area contributed by atoms with Gasteiger partial charge in [-0.1, -0.05) is 28.1 Å². The molecule has 0 spiro atoms. The zero-order chi connectivity index (χ0) is 18.8. The van der Waals surface area contributed by atoms with E-state index in [-0.39, 0.29) is 11.8 Å². The van der Waals surface area contributed by atoms with Gasteiger partial charge in [-0.2, -0.15) is 0 Å². The molecule has 3 aromatic rings. The first kappa shape index (κ1) is 17.6. The molecule has 1 saturated heterocycles. The summed E-state index contributed by atoms with van der Waals surface area (Å²) in [6, 6.07) is 15.2. The number of amides is 2. The van der Waals surface area contributed by atoms with E-state index in [0.717, 1.165) is 27.7 Å². The normalized spacial score (nSPS) is 14.3. The number of rotatable bonds is 4. The van der Waals surface area contributed by atoms with Crippen LogP contribution >= 0.6 is 15.9 Å². The van der Waals surface area contributed by atoms with Gasteiger partial charge < -0.3 is 20.0 Å². The van der Waals surface area contributed by atoms with Gasteiger partial charge in [0.2, 0.25) is 5.91 Å². The van der Waals surface area contributed by atoms with Crippen LogP contribution in [0.25, 0.3) is 11.0 Å². The van der Waals surface area contributed by atoms with E-state index >= 15 is 0 Å². The molecule has 0 radical (unpaired) electrons. The van der Waals surface area contributed by atoms with Gasteiger partial charge in [-0.25, -0.2) is 0 Å². The average Bonchev–Trinajstić information content (AvgIpc) is 3.10. The summed E-state index contributed by atoms with van der Waals surface area (Å²) in [4.78, 5) is 25.9. The van der Waals surface area contributed by atoms with Crippen molar-refractivity contribution in [1.29, 1.82) is 0 Å². The van der Waals surface area contributed by atoms with Crippen LogP contribution in [-0.2, 0) is 11.3 Å². The van der Waals surface area contributed by atoms with Crippen molar-refractivity contribution in [2.45, 2.75) is 6.54 Å². The maximum atomic E-state index is 12.4. The lowest BCUT2D eigenvalue weighted by molar-refractivity contribution is -0.120. The van der Waals surface area contributed by atoms with E-state index in [0.29, 0.717) is 31.0 Å². The molecule has 0 unspecified atom stereocenters.